The zero-order chi connectivity index (χ0) is 13.0. The number of hydrogen-bond donors (Lipinski definition) is 1. The second-order valence-corrected chi connectivity index (χ2v) is 6.53. The predicted molar refractivity (Wildman–Crippen MR) is 78.2 cm³/mol. The van der Waals surface area contributed by atoms with E-state index in [2.05, 4.69) is 43.4 Å². The molecule has 1 unspecified atom stereocenters. The Morgan fingerprint density at radius 2 is 2.17 bits per heavy atom. The van der Waals surface area contributed by atoms with Gasteiger partial charge in [0.2, 0.25) is 0 Å². The molecular formula is C15H23NOS. The Bertz CT molecular complexity index is 392. The normalized spacial score (nSPS) is 19.6. The summed E-state index contributed by atoms with van der Waals surface area (Å²) in [5.74, 6) is 1.21. The Labute approximate surface area is 114 Å². The van der Waals surface area contributed by atoms with Crippen molar-refractivity contribution in [3.63, 3.8) is 0 Å². The van der Waals surface area contributed by atoms with E-state index in [9.17, 15) is 0 Å². The van der Waals surface area contributed by atoms with Crippen LogP contribution in [0.5, 0.6) is 0 Å². The SMILES string of the molecule is COC(C)(C)CCNC1CCSc2ccccc21. The van der Waals surface area contributed by atoms with Crippen LogP contribution in [-0.4, -0.2) is 25.0 Å². The number of ether oxygens (including phenoxy) is 1. The number of methoxy groups -OCH3 is 1. The number of thioether (sulfide) groups is 1. The quantitative estimate of drug-likeness (QED) is 0.878. The van der Waals surface area contributed by atoms with Gasteiger partial charge in [0.25, 0.3) is 0 Å². The molecule has 0 fully saturated rings. The van der Waals surface area contributed by atoms with E-state index in [1.807, 2.05) is 11.8 Å². The van der Waals surface area contributed by atoms with Gasteiger partial charge < -0.3 is 10.1 Å². The molecule has 100 valence electrons. The van der Waals surface area contributed by atoms with Gasteiger partial charge in [0.15, 0.2) is 0 Å². The zero-order valence-corrected chi connectivity index (χ0v) is 12.3. The molecule has 1 aromatic carbocycles. The standard InChI is InChI=1S/C15H23NOS/c1-15(2,17-3)9-10-16-13-8-11-18-14-7-5-4-6-12(13)14/h4-7,13,16H,8-11H2,1-3H3. The molecule has 1 atom stereocenters. The lowest BCUT2D eigenvalue weighted by Gasteiger charge is -2.28. The minimum absolute atomic E-state index is 0.0318. The molecule has 2 rings (SSSR count). The average molecular weight is 265 g/mol. The molecule has 0 spiro atoms. The fraction of sp³-hybridized carbons (Fsp3) is 0.600. The van der Waals surface area contributed by atoms with E-state index in [0.29, 0.717) is 6.04 Å². The summed E-state index contributed by atoms with van der Waals surface area (Å²) in [6.07, 6.45) is 2.25. The van der Waals surface area contributed by atoms with Crippen LogP contribution in [0, 0.1) is 0 Å². The lowest BCUT2D eigenvalue weighted by atomic mass is 10.0. The first kappa shape index (κ1) is 13.9. The molecule has 0 amide bonds. The van der Waals surface area contributed by atoms with Crippen LogP contribution in [0.4, 0.5) is 0 Å². The third kappa shape index (κ3) is 3.50. The first-order valence-electron chi connectivity index (χ1n) is 6.63. The van der Waals surface area contributed by atoms with Crippen LogP contribution in [0.2, 0.25) is 0 Å². The highest BCUT2D eigenvalue weighted by Crippen LogP contribution is 2.35. The molecule has 0 aromatic heterocycles. The predicted octanol–water partition coefficient (Wildman–Crippen LogP) is 3.63. The average Bonchev–Trinajstić information content (AvgIpc) is 2.39. The van der Waals surface area contributed by atoms with Gasteiger partial charge in [-0.3, -0.25) is 0 Å². The van der Waals surface area contributed by atoms with Crippen LogP contribution < -0.4 is 5.32 Å². The minimum atomic E-state index is -0.0318. The Morgan fingerprint density at radius 3 is 2.94 bits per heavy atom. The summed E-state index contributed by atoms with van der Waals surface area (Å²) in [7, 11) is 1.78. The molecule has 3 heteroatoms. The van der Waals surface area contributed by atoms with Crippen molar-refractivity contribution in [3.05, 3.63) is 29.8 Å². The van der Waals surface area contributed by atoms with E-state index in [1.165, 1.54) is 22.6 Å². The zero-order valence-electron chi connectivity index (χ0n) is 11.5. The van der Waals surface area contributed by atoms with Gasteiger partial charge in [-0.1, -0.05) is 18.2 Å². The largest absolute Gasteiger partial charge is 0.379 e. The number of nitrogens with one attached hydrogen (secondary N) is 1. The van der Waals surface area contributed by atoms with Crippen molar-refractivity contribution in [2.24, 2.45) is 0 Å². The third-order valence-corrected chi connectivity index (χ3v) is 4.75. The van der Waals surface area contributed by atoms with Gasteiger partial charge >= 0.3 is 0 Å². The highest BCUT2D eigenvalue weighted by atomic mass is 32.2. The van der Waals surface area contributed by atoms with Crippen molar-refractivity contribution < 1.29 is 4.74 Å². The molecule has 18 heavy (non-hydrogen) atoms. The summed E-state index contributed by atoms with van der Waals surface area (Å²) in [6, 6.07) is 9.25. The second kappa shape index (κ2) is 6.09. The van der Waals surface area contributed by atoms with Gasteiger partial charge in [0, 0.05) is 18.0 Å². The number of rotatable bonds is 5. The fourth-order valence-electron chi connectivity index (χ4n) is 2.20. The summed E-state index contributed by atoms with van der Waals surface area (Å²) in [4.78, 5) is 1.44. The molecule has 1 heterocycles. The number of fused-ring (bicyclic) bond motifs is 1. The molecule has 1 aliphatic heterocycles. The van der Waals surface area contributed by atoms with Gasteiger partial charge in [0.05, 0.1) is 5.60 Å². The van der Waals surface area contributed by atoms with E-state index in [0.717, 1.165) is 13.0 Å². The monoisotopic (exact) mass is 265 g/mol. The minimum Gasteiger partial charge on any atom is -0.379 e. The van der Waals surface area contributed by atoms with Crippen LogP contribution in [0.25, 0.3) is 0 Å². The summed E-state index contributed by atoms with van der Waals surface area (Å²) in [5, 5.41) is 3.67. The summed E-state index contributed by atoms with van der Waals surface area (Å²) in [5.41, 5.74) is 1.43. The van der Waals surface area contributed by atoms with E-state index >= 15 is 0 Å². The van der Waals surface area contributed by atoms with E-state index in [-0.39, 0.29) is 5.60 Å². The van der Waals surface area contributed by atoms with Crippen LogP contribution in [-0.2, 0) is 4.74 Å². The Balaban J connectivity index is 1.92. The molecule has 0 saturated carbocycles. The molecule has 0 bridgehead atoms. The van der Waals surface area contributed by atoms with Crippen molar-refractivity contribution in [2.75, 3.05) is 19.4 Å². The number of hydrogen-bond acceptors (Lipinski definition) is 3. The van der Waals surface area contributed by atoms with Crippen molar-refractivity contribution in [1.82, 2.24) is 5.32 Å². The third-order valence-electron chi connectivity index (χ3n) is 3.63. The van der Waals surface area contributed by atoms with Crippen LogP contribution in [0.1, 0.15) is 38.3 Å². The Hall–Kier alpha value is -0.510. The maximum atomic E-state index is 5.45. The first-order chi connectivity index (χ1) is 8.62. The van der Waals surface area contributed by atoms with Crippen molar-refractivity contribution in [2.45, 2.75) is 43.2 Å². The van der Waals surface area contributed by atoms with Crippen LogP contribution in [0.3, 0.4) is 0 Å². The van der Waals surface area contributed by atoms with Crippen LogP contribution in [0.15, 0.2) is 29.2 Å². The lowest BCUT2D eigenvalue weighted by molar-refractivity contribution is 0.0153. The van der Waals surface area contributed by atoms with E-state index in [4.69, 9.17) is 4.74 Å². The van der Waals surface area contributed by atoms with Gasteiger partial charge in [-0.05, 0) is 50.6 Å². The fourth-order valence-corrected chi connectivity index (χ4v) is 3.33. The molecular weight excluding hydrogens is 242 g/mol. The topological polar surface area (TPSA) is 21.3 Å². The first-order valence-corrected chi connectivity index (χ1v) is 7.61. The van der Waals surface area contributed by atoms with E-state index in [1.54, 1.807) is 7.11 Å². The second-order valence-electron chi connectivity index (χ2n) is 5.40. The lowest BCUT2D eigenvalue weighted by Crippen LogP contribution is -2.32. The maximum Gasteiger partial charge on any atom is 0.0634 e. The Morgan fingerprint density at radius 1 is 1.39 bits per heavy atom. The molecule has 1 aliphatic rings. The molecule has 1 N–H and O–H groups in total. The Kier molecular flexibility index (Phi) is 4.71. The van der Waals surface area contributed by atoms with Crippen molar-refractivity contribution >= 4 is 11.8 Å². The summed E-state index contributed by atoms with van der Waals surface area (Å²) >= 11 is 1.97. The molecule has 2 nitrogen and oxygen atoms in total. The van der Waals surface area contributed by atoms with Crippen molar-refractivity contribution in [1.29, 1.82) is 0 Å². The van der Waals surface area contributed by atoms with Crippen LogP contribution >= 0.6 is 11.8 Å². The smallest absolute Gasteiger partial charge is 0.0634 e. The molecule has 0 saturated heterocycles. The van der Waals surface area contributed by atoms with Crippen molar-refractivity contribution in [3.8, 4) is 0 Å². The highest BCUT2D eigenvalue weighted by molar-refractivity contribution is 7.99. The van der Waals surface area contributed by atoms with Gasteiger partial charge in [-0.25, -0.2) is 0 Å². The summed E-state index contributed by atoms with van der Waals surface area (Å²) in [6.45, 7) is 5.28. The van der Waals surface area contributed by atoms with Gasteiger partial charge in [-0.15, -0.1) is 11.8 Å². The van der Waals surface area contributed by atoms with Gasteiger partial charge in [-0.2, -0.15) is 0 Å². The highest BCUT2D eigenvalue weighted by Gasteiger charge is 2.21. The molecule has 0 radical (unpaired) electrons. The summed E-state index contributed by atoms with van der Waals surface area (Å²) < 4.78 is 5.45. The molecule has 1 aromatic rings. The van der Waals surface area contributed by atoms with Gasteiger partial charge in [0.1, 0.15) is 0 Å². The number of benzene rings is 1. The van der Waals surface area contributed by atoms with E-state index < -0.39 is 0 Å². The molecule has 0 aliphatic carbocycles. The maximum absolute atomic E-state index is 5.45.